The number of hydrogen-bond donors (Lipinski definition) is 1. The van der Waals surface area contributed by atoms with Crippen LogP contribution in [-0.2, 0) is 6.54 Å². The standard InChI is InChI=1S/C18H20N6O/c19-17(25)14-11-22-24-16(7-9-21-18(14)24)15-6-2-4-10-23(15)12-13-5-1-3-8-20-13/h1,3,5,7-9,11,15H,2,4,6,10,12H2,(H2,19,25)/t15-/m1/s1. The van der Waals surface area contributed by atoms with Crippen molar-refractivity contribution in [2.45, 2.75) is 31.8 Å². The van der Waals surface area contributed by atoms with Gasteiger partial charge in [0, 0.05) is 18.9 Å². The smallest absolute Gasteiger partial charge is 0.254 e. The molecular formula is C18H20N6O. The lowest BCUT2D eigenvalue weighted by atomic mass is 9.98. The Morgan fingerprint density at radius 3 is 2.92 bits per heavy atom. The molecule has 0 unspecified atom stereocenters. The van der Waals surface area contributed by atoms with Crippen molar-refractivity contribution < 1.29 is 4.79 Å². The third-order valence-electron chi connectivity index (χ3n) is 4.74. The van der Waals surface area contributed by atoms with Gasteiger partial charge in [0.15, 0.2) is 5.65 Å². The zero-order valence-electron chi connectivity index (χ0n) is 13.9. The highest BCUT2D eigenvalue weighted by atomic mass is 16.1. The van der Waals surface area contributed by atoms with E-state index in [1.54, 1.807) is 10.7 Å². The maximum absolute atomic E-state index is 11.6. The SMILES string of the molecule is NC(=O)c1cnn2c([C@H]3CCCCN3Cc3ccccn3)ccnc12. The molecule has 4 heterocycles. The summed E-state index contributed by atoms with van der Waals surface area (Å²) in [5.41, 5.74) is 8.40. The third kappa shape index (κ3) is 2.98. The molecule has 1 atom stereocenters. The summed E-state index contributed by atoms with van der Waals surface area (Å²) in [6.07, 6.45) is 8.43. The molecule has 7 heteroatoms. The van der Waals surface area contributed by atoms with Crippen molar-refractivity contribution in [3.05, 3.63) is 59.8 Å². The normalized spacial score (nSPS) is 18.5. The van der Waals surface area contributed by atoms with Gasteiger partial charge in [-0.2, -0.15) is 5.10 Å². The molecule has 1 aliphatic rings. The van der Waals surface area contributed by atoms with Gasteiger partial charge >= 0.3 is 0 Å². The summed E-state index contributed by atoms with van der Waals surface area (Å²) < 4.78 is 1.75. The Morgan fingerprint density at radius 2 is 2.12 bits per heavy atom. The minimum Gasteiger partial charge on any atom is -0.365 e. The molecule has 4 rings (SSSR count). The Bertz CT molecular complexity index is 891. The van der Waals surface area contributed by atoms with Crippen LogP contribution in [0.3, 0.4) is 0 Å². The number of amides is 1. The average Bonchev–Trinajstić information content (AvgIpc) is 3.08. The van der Waals surface area contributed by atoms with Crippen LogP contribution in [-0.4, -0.2) is 36.9 Å². The fourth-order valence-electron chi connectivity index (χ4n) is 3.55. The summed E-state index contributed by atoms with van der Waals surface area (Å²) >= 11 is 0. The van der Waals surface area contributed by atoms with E-state index in [-0.39, 0.29) is 6.04 Å². The van der Waals surface area contributed by atoms with E-state index in [0.717, 1.165) is 37.3 Å². The number of piperidine rings is 1. The zero-order valence-corrected chi connectivity index (χ0v) is 13.9. The molecule has 1 saturated heterocycles. The second kappa shape index (κ2) is 6.60. The number of aromatic nitrogens is 4. The van der Waals surface area contributed by atoms with Gasteiger partial charge in [0.2, 0.25) is 0 Å². The largest absolute Gasteiger partial charge is 0.365 e. The van der Waals surface area contributed by atoms with Crippen LogP contribution in [0.5, 0.6) is 0 Å². The van der Waals surface area contributed by atoms with E-state index in [9.17, 15) is 4.79 Å². The summed E-state index contributed by atoms with van der Waals surface area (Å²) in [7, 11) is 0. The Hall–Kier alpha value is -2.80. The first-order valence-electron chi connectivity index (χ1n) is 8.50. The van der Waals surface area contributed by atoms with E-state index in [4.69, 9.17) is 5.73 Å². The summed E-state index contributed by atoms with van der Waals surface area (Å²) in [6.45, 7) is 1.80. The molecule has 3 aromatic heterocycles. The Labute approximate surface area is 145 Å². The minimum atomic E-state index is -0.506. The third-order valence-corrected chi connectivity index (χ3v) is 4.74. The Morgan fingerprint density at radius 1 is 1.20 bits per heavy atom. The van der Waals surface area contributed by atoms with Crippen LogP contribution in [0, 0.1) is 0 Å². The summed E-state index contributed by atoms with van der Waals surface area (Å²) in [5, 5.41) is 4.37. The molecule has 7 nitrogen and oxygen atoms in total. The fourth-order valence-corrected chi connectivity index (χ4v) is 3.55. The van der Waals surface area contributed by atoms with Crippen molar-refractivity contribution in [2.24, 2.45) is 5.73 Å². The zero-order chi connectivity index (χ0) is 17.2. The number of carbonyl (C=O) groups excluding carboxylic acids is 1. The number of pyridine rings is 1. The predicted molar refractivity (Wildman–Crippen MR) is 92.7 cm³/mol. The molecule has 1 amide bonds. The molecule has 0 aliphatic carbocycles. The predicted octanol–water partition coefficient (Wildman–Crippen LogP) is 1.95. The van der Waals surface area contributed by atoms with Gasteiger partial charge in [-0.25, -0.2) is 9.50 Å². The molecule has 25 heavy (non-hydrogen) atoms. The van der Waals surface area contributed by atoms with Gasteiger partial charge in [-0.1, -0.05) is 12.5 Å². The van der Waals surface area contributed by atoms with Crippen LogP contribution in [0.15, 0.2) is 42.9 Å². The maximum Gasteiger partial charge on any atom is 0.254 e. The highest BCUT2D eigenvalue weighted by Gasteiger charge is 2.27. The van der Waals surface area contributed by atoms with Crippen LogP contribution >= 0.6 is 0 Å². The van der Waals surface area contributed by atoms with Gasteiger partial charge in [-0.3, -0.25) is 14.7 Å². The number of hydrogen-bond acceptors (Lipinski definition) is 5. The van der Waals surface area contributed by atoms with Crippen LogP contribution in [0.1, 0.15) is 47.1 Å². The quantitative estimate of drug-likeness (QED) is 0.786. The van der Waals surface area contributed by atoms with Gasteiger partial charge in [0.1, 0.15) is 5.56 Å². The molecule has 1 fully saturated rings. The summed E-state index contributed by atoms with van der Waals surface area (Å²) in [4.78, 5) is 22.8. The van der Waals surface area contributed by atoms with Crippen molar-refractivity contribution >= 4 is 11.6 Å². The lowest BCUT2D eigenvalue weighted by Gasteiger charge is -2.35. The van der Waals surface area contributed by atoms with E-state index < -0.39 is 5.91 Å². The Kier molecular flexibility index (Phi) is 4.15. The van der Waals surface area contributed by atoms with Gasteiger partial charge in [0.25, 0.3) is 5.91 Å². The van der Waals surface area contributed by atoms with Gasteiger partial charge in [0.05, 0.1) is 23.6 Å². The van der Waals surface area contributed by atoms with E-state index in [0.29, 0.717) is 11.2 Å². The number of fused-ring (bicyclic) bond motifs is 1. The molecule has 2 N–H and O–H groups in total. The minimum absolute atomic E-state index is 0.210. The lowest BCUT2D eigenvalue weighted by molar-refractivity contribution is 0.100. The molecule has 0 saturated carbocycles. The number of nitrogens with zero attached hydrogens (tertiary/aromatic N) is 5. The Balaban J connectivity index is 1.71. The van der Waals surface area contributed by atoms with Crippen molar-refractivity contribution in [3.63, 3.8) is 0 Å². The fraction of sp³-hybridized carbons (Fsp3) is 0.333. The van der Waals surface area contributed by atoms with Crippen molar-refractivity contribution in [2.75, 3.05) is 6.54 Å². The summed E-state index contributed by atoms with van der Waals surface area (Å²) in [6, 6.07) is 8.18. The highest BCUT2D eigenvalue weighted by Crippen LogP contribution is 2.32. The molecular weight excluding hydrogens is 316 g/mol. The van der Waals surface area contributed by atoms with Crippen molar-refractivity contribution in [1.82, 2.24) is 24.5 Å². The average molecular weight is 336 g/mol. The number of likely N-dealkylation sites (tertiary alicyclic amines) is 1. The van der Waals surface area contributed by atoms with Crippen molar-refractivity contribution in [3.8, 4) is 0 Å². The molecule has 128 valence electrons. The highest BCUT2D eigenvalue weighted by molar-refractivity contribution is 5.98. The first kappa shape index (κ1) is 15.7. The maximum atomic E-state index is 11.6. The monoisotopic (exact) mass is 336 g/mol. The van der Waals surface area contributed by atoms with Crippen LogP contribution in [0.4, 0.5) is 0 Å². The molecule has 0 spiro atoms. The van der Waals surface area contributed by atoms with Gasteiger partial charge in [-0.15, -0.1) is 0 Å². The second-order valence-corrected chi connectivity index (χ2v) is 6.33. The van der Waals surface area contributed by atoms with Crippen LogP contribution < -0.4 is 5.73 Å². The number of rotatable bonds is 4. The molecule has 0 bridgehead atoms. The first-order chi connectivity index (χ1) is 12.2. The van der Waals surface area contributed by atoms with Crippen molar-refractivity contribution in [1.29, 1.82) is 0 Å². The molecule has 3 aromatic rings. The molecule has 0 aromatic carbocycles. The van der Waals surface area contributed by atoms with E-state index >= 15 is 0 Å². The number of primary amides is 1. The molecule has 1 aliphatic heterocycles. The molecule has 0 radical (unpaired) electrons. The van der Waals surface area contributed by atoms with E-state index in [1.807, 2.05) is 30.5 Å². The van der Waals surface area contributed by atoms with Crippen LogP contribution in [0.2, 0.25) is 0 Å². The number of nitrogens with two attached hydrogens (primary N) is 1. The van der Waals surface area contributed by atoms with Gasteiger partial charge in [-0.05, 0) is 37.6 Å². The first-order valence-corrected chi connectivity index (χ1v) is 8.50. The lowest BCUT2D eigenvalue weighted by Crippen LogP contribution is -2.34. The topological polar surface area (TPSA) is 89.4 Å². The van der Waals surface area contributed by atoms with Gasteiger partial charge < -0.3 is 5.73 Å². The second-order valence-electron chi connectivity index (χ2n) is 6.33. The van der Waals surface area contributed by atoms with E-state index in [2.05, 4.69) is 20.0 Å². The summed E-state index contributed by atoms with van der Waals surface area (Å²) in [5.74, 6) is -0.506. The van der Waals surface area contributed by atoms with E-state index in [1.165, 1.54) is 12.6 Å². The van der Waals surface area contributed by atoms with Crippen LogP contribution in [0.25, 0.3) is 5.65 Å². The number of carbonyl (C=O) groups is 1.